The molecule has 3 heterocycles. The Kier molecular flexibility index (Phi) is 4.78. The Balaban J connectivity index is 1.26. The number of piperazine rings is 1. The van der Waals surface area contributed by atoms with Gasteiger partial charge in [0, 0.05) is 43.0 Å². The first-order valence-electron chi connectivity index (χ1n) is 9.82. The molecule has 1 amide bonds. The van der Waals surface area contributed by atoms with Gasteiger partial charge in [0.15, 0.2) is 0 Å². The standard InChI is InChI=1S/C20H22N6O3S/c27-20-15-7-4-8-16-18(15)19(23-24-20)22-17(21-16)13-25-9-11-26(12-10-25)30(28,29)14-5-2-1-3-6-14/h1-8,19,23H,9-13H2,(H,21,22)(H,24,27). The third-order valence-electron chi connectivity index (χ3n) is 5.60. The van der Waals surface area contributed by atoms with Crippen LogP contribution in [0.15, 0.2) is 58.4 Å². The quantitative estimate of drug-likeness (QED) is 0.667. The molecule has 3 aliphatic heterocycles. The molecule has 0 aromatic heterocycles. The number of nitrogens with one attached hydrogen (secondary N) is 3. The van der Waals surface area contributed by atoms with Crippen LogP contribution in [0.1, 0.15) is 22.1 Å². The first-order chi connectivity index (χ1) is 14.5. The first kappa shape index (κ1) is 19.2. The molecule has 3 N–H and O–H groups in total. The Bertz CT molecular complexity index is 1110. The van der Waals surface area contributed by atoms with Crippen molar-refractivity contribution in [2.24, 2.45) is 4.99 Å². The molecule has 3 aliphatic rings. The lowest BCUT2D eigenvalue weighted by atomic mass is 9.99. The van der Waals surface area contributed by atoms with Gasteiger partial charge in [-0.1, -0.05) is 24.3 Å². The van der Waals surface area contributed by atoms with Crippen LogP contribution in [0.25, 0.3) is 0 Å². The number of benzene rings is 2. The Morgan fingerprint density at radius 2 is 1.77 bits per heavy atom. The average molecular weight is 427 g/mol. The molecule has 1 unspecified atom stereocenters. The van der Waals surface area contributed by atoms with E-state index in [1.165, 1.54) is 4.31 Å². The zero-order valence-corrected chi connectivity index (χ0v) is 17.0. The van der Waals surface area contributed by atoms with E-state index in [0.29, 0.717) is 43.2 Å². The molecular formula is C20H22N6O3S. The van der Waals surface area contributed by atoms with Gasteiger partial charge in [-0.3, -0.25) is 15.1 Å². The maximum Gasteiger partial charge on any atom is 0.265 e. The number of hydrogen-bond acceptors (Lipinski definition) is 7. The van der Waals surface area contributed by atoms with E-state index < -0.39 is 10.0 Å². The zero-order valence-electron chi connectivity index (χ0n) is 16.2. The minimum Gasteiger partial charge on any atom is -0.343 e. The van der Waals surface area contributed by atoms with Crippen molar-refractivity contribution in [3.63, 3.8) is 0 Å². The number of nitrogens with zero attached hydrogens (tertiary/aromatic N) is 3. The van der Waals surface area contributed by atoms with E-state index in [1.807, 2.05) is 18.2 Å². The molecule has 1 fully saturated rings. The van der Waals surface area contributed by atoms with Crippen molar-refractivity contribution in [1.29, 1.82) is 0 Å². The van der Waals surface area contributed by atoms with E-state index in [9.17, 15) is 13.2 Å². The van der Waals surface area contributed by atoms with Crippen molar-refractivity contribution >= 4 is 27.5 Å². The summed E-state index contributed by atoms with van der Waals surface area (Å²) in [6.45, 7) is 2.68. The highest BCUT2D eigenvalue weighted by Crippen LogP contribution is 2.33. The predicted molar refractivity (Wildman–Crippen MR) is 112 cm³/mol. The van der Waals surface area contributed by atoms with Crippen LogP contribution in [-0.2, 0) is 10.0 Å². The lowest BCUT2D eigenvalue weighted by Crippen LogP contribution is -2.51. The van der Waals surface area contributed by atoms with Crippen molar-refractivity contribution in [1.82, 2.24) is 20.1 Å². The van der Waals surface area contributed by atoms with E-state index in [1.54, 1.807) is 30.3 Å². The largest absolute Gasteiger partial charge is 0.343 e. The molecule has 5 rings (SSSR count). The van der Waals surface area contributed by atoms with E-state index in [2.05, 4.69) is 21.1 Å². The molecule has 0 spiro atoms. The second-order valence-electron chi connectivity index (χ2n) is 7.46. The summed E-state index contributed by atoms with van der Waals surface area (Å²) in [6.07, 6.45) is -0.329. The van der Waals surface area contributed by atoms with Crippen molar-refractivity contribution < 1.29 is 13.2 Å². The molecular weight excluding hydrogens is 404 g/mol. The van der Waals surface area contributed by atoms with Gasteiger partial charge in [0.25, 0.3) is 5.91 Å². The van der Waals surface area contributed by atoms with Crippen LogP contribution in [0, 0.1) is 0 Å². The first-order valence-corrected chi connectivity index (χ1v) is 11.3. The molecule has 2 aromatic rings. The molecule has 156 valence electrons. The summed E-state index contributed by atoms with van der Waals surface area (Å²) in [7, 11) is -3.46. The number of amides is 1. The van der Waals surface area contributed by atoms with Crippen LogP contribution in [0.2, 0.25) is 0 Å². The summed E-state index contributed by atoms with van der Waals surface area (Å²) in [6, 6.07) is 14.1. The van der Waals surface area contributed by atoms with Gasteiger partial charge in [0.1, 0.15) is 12.0 Å². The van der Waals surface area contributed by atoms with Crippen LogP contribution < -0.4 is 16.2 Å². The molecule has 30 heavy (non-hydrogen) atoms. The van der Waals surface area contributed by atoms with Crippen LogP contribution in [0.4, 0.5) is 5.69 Å². The summed E-state index contributed by atoms with van der Waals surface area (Å²) in [5.74, 6) is 0.618. The summed E-state index contributed by atoms with van der Waals surface area (Å²) < 4.78 is 27.1. The van der Waals surface area contributed by atoms with Gasteiger partial charge >= 0.3 is 0 Å². The highest BCUT2D eigenvalue weighted by Gasteiger charge is 2.32. The van der Waals surface area contributed by atoms with Gasteiger partial charge < -0.3 is 5.32 Å². The molecule has 2 aromatic carbocycles. The van der Waals surface area contributed by atoms with Crippen LogP contribution in [0.5, 0.6) is 0 Å². The Hall–Kier alpha value is -2.79. The molecule has 0 saturated carbocycles. The SMILES string of the molecule is O=C1NNC2N=C(CN3CCN(S(=O)(=O)c4ccccc4)CC3)Nc3cccc1c32. The fourth-order valence-electron chi connectivity index (χ4n) is 4.04. The van der Waals surface area contributed by atoms with E-state index in [0.717, 1.165) is 17.1 Å². The van der Waals surface area contributed by atoms with Crippen molar-refractivity contribution in [3.8, 4) is 0 Å². The molecule has 0 aliphatic carbocycles. The van der Waals surface area contributed by atoms with Crippen molar-refractivity contribution in [3.05, 3.63) is 59.7 Å². The van der Waals surface area contributed by atoms with E-state index in [4.69, 9.17) is 4.99 Å². The van der Waals surface area contributed by atoms with Gasteiger partial charge in [0.05, 0.1) is 11.4 Å². The Labute approximate surface area is 174 Å². The third-order valence-corrected chi connectivity index (χ3v) is 7.51. The fraction of sp³-hybridized carbons (Fsp3) is 0.300. The zero-order chi connectivity index (χ0) is 20.7. The van der Waals surface area contributed by atoms with Crippen molar-refractivity contribution in [2.75, 3.05) is 38.0 Å². The van der Waals surface area contributed by atoms with Crippen LogP contribution >= 0.6 is 0 Å². The maximum atomic E-state index is 12.8. The second kappa shape index (κ2) is 7.47. The number of carbonyl (C=O) groups is 1. The van der Waals surface area contributed by atoms with E-state index >= 15 is 0 Å². The second-order valence-corrected chi connectivity index (χ2v) is 9.40. The molecule has 0 bridgehead atoms. The lowest BCUT2D eigenvalue weighted by molar-refractivity contribution is 0.0908. The number of rotatable bonds is 4. The Morgan fingerprint density at radius 1 is 1.00 bits per heavy atom. The summed E-state index contributed by atoms with van der Waals surface area (Å²) in [5.41, 5.74) is 7.94. The average Bonchev–Trinajstić information content (AvgIpc) is 2.77. The molecule has 1 saturated heterocycles. The molecule has 1 atom stereocenters. The fourth-order valence-corrected chi connectivity index (χ4v) is 5.49. The predicted octanol–water partition coefficient (Wildman–Crippen LogP) is 0.764. The van der Waals surface area contributed by atoms with Gasteiger partial charge in [-0.25, -0.2) is 18.8 Å². The number of sulfonamides is 1. The minimum absolute atomic E-state index is 0.167. The monoisotopic (exact) mass is 426 g/mol. The topological polar surface area (TPSA) is 106 Å². The van der Waals surface area contributed by atoms with Crippen molar-refractivity contribution in [2.45, 2.75) is 11.1 Å². The highest BCUT2D eigenvalue weighted by molar-refractivity contribution is 7.89. The lowest BCUT2D eigenvalue weighted by Gasteiger charge is -2.36. The van der Waals surface area contributed by atoms with Crippen LogP contribution in [0.3, 0.4) is 0 Å². The normalized spacial score (nSPS) is 21.9. The number of aliphatic imine (C=N–C) groups is 1. The summed E-state index contributed by atoms with van der Waals surface area (Å²) in [4.78, 5) is 19.2. The molecule has 9 nitrogen and oxygen atoms in total. The molecule has 10 heteroatoms. The van der Waals surface area contributed by atoms with Gasteiger partial charge in [-0.05, 0) is 24.3 Å². The maximum absolute atomic E-state index is 12.8. The number of amidine groups is 1. The van der Waals surface area contributed by atoms with Gasteiger partial charge in [-0.2, -0.15) is 4.31 Å². The van der Waals surface area contributed by atoms with Gasteiger partial charge in [-0.15, -0.1) is 0 Å². The summed E-state index contributed by atoms with van der Waals surface area (Å²) in [5, 5.41) is 3.33. The number of carbonyl (C=O) groups excluding carboxylic acids is 1. The Morgan fingerprint density at radius 3 is 2.53 bits per heavy atom. The number of hydrogen-bond donors (Lipinski definition) is 3. The number of anilines is 1. The minimum atomic E-state index is -3.46. The summed E-state index contributed by atoms with van der Waals surface area (Å²) >= 11 is 0. The third kappa shape index (κ3) is 3.37. The smallest absolute Gasteiger partial charge is 0.265 e. The highest BCUT2D eigenvalue weighted by atomic mass is 32.2. The van der Waals surface area contributed by atoms with E-state index in [-0.39, 0.29) is 12.1 Å². The number of hydrazine groups is 1. The van der Waals surface area contributed by atoms with Gasteiger partial charge in [0.2, 0.25) is 10.0 Å². The molecule has 0 radical (unpaired) electrons. The van der Waals surface area contributed by atoms with Crippen LogP contribution in [-0.4, -0.2) is 62.1 Å².